The van der Waals surface area contributed by atoms with E-state index in [1.165, 1.54) is 0 Å². The predicted octanol–water partition coefficient (Wildman–Crippen LogP) is 2.60. The van der Waals surface area contributed by atoms with E-state index in [9.17, 15) is 0 Å². The largest absolute Gasteiger partial charge is 0.334 e. The molecule has 1 unspecified atom stereocenters. The molecule has 0 radical (unpaired) electrons. The summed E-state index contributed by atoms with van der Waals surface area (Å²) in [5.74, 6) is 1.08. The van der Waals surface area contributed by atoms with Crippen LogP contribution >= 0.6 is 0 Å². The van der Waals surface area contributed by atoms with Gasteiger partial charge in [0, 0.05) is 25.5 Å². The van der Waals surface area contributed by atoms with Crippen molar-refractivity contribution in [3.8, 4) is 0 Å². The summed E-state index contributed by atoms with van der Waals surface area (Å²) in [6.45, 7) is 4.00. The summed E-state index contributed by atoms with van der Waals surface area (Å²) >= 11 is 0. The van der Waals surface area contributed by atoms with Crippen LogP contribution in [0.1, 0.15) is 25.2 Å². The molecule has 0 aliphatic heterocycles. The Morgan fingerprint density at radius 2 is 2.05 bits per heavy atom. The lowest BCUT2D eigenvalue weighted by atomic mass is 10.2. The number of nitrogens with zero attached hydrogens (tertiary/aromatic N) is 4. The van der Waals surface area contributed by atoms with Gasteiger partial charge in [-0.05, 0) is 25.6 Å². The van der Waals surface area contributed by atoms with E-state index in [4.69, 9.17) is 0 Å². The van der Waals surface area contributed by atoms with E-state index in [0.717, 1.165) is 36.4 Å². The molecule has 0 aliphatic carbocycles. The van der Waals surface area contributed by atoms with Gasteiger partial charge in [0.15, 0.2) is 0 Å². The van der Waals surface area contributed by atoms with Crippen LogP contribution in [0.15, 0.2) is 43.0 Å². The number of imidazole rings is 2. The SMILES string of the molecule is CCCn1ccnc1C(Cn1cnc2ccccc21)NC. The number of likely N-dealkylation sites (N-methyl/N-ethyl adjacent to an activating group) is 1. The topological polar surface area (TPSA) is 47.7 Å². The van der Waals surface area contributed by atoms with E-state index in [1.807, 2.05) is 37.8 Å². The number of benzene rings is 1. The second kappa shape index (κ2) is 6.10. The van der Waals surface area contributed by atoms with Crippen molar-refractivity contribution in [2.75, 3.05) is 7.05 Å². The highest BCUT2D eigenvalue weighted by Gasteiger charge is 2.16. The molecular weight excluding hydrogens is 262 g/mol. The molecule has 1 N–H and O–H groups in total. The first kappa shape index (κ1) is 13.8. The molecule has 0 spiro atoms. The van der Waals surface area contributed by atoms with Crippen molar-refractivity contribution in [3.05, 3.63) is 48.8 Å². The summed E-state index contributed by atoms with van der Waals surface area (Å²) in [6, 6.07) is 8.38. The van der Waals surface area contributed by atoms with Gasteiger partial charge in [-0.1, -0.05) is 19.1 Å². The summed E-state index contributed by atoms with van der Waals surface area (Å²) in [5.41, 5.74) is 2.19. The van der Waals surface area contributed by atoms with E-state index in [0.29, 0.717) is 0 Å². The third-order valence-corrected chi connectivity index (χ3v) is 3.78. The first-order valence-electron chi connectivity index (χ1n) is 7.41. The van der Waals surface area contributed by atoms with Crippen LogP contribution in [0.2, 0.25) is 0 Å². The lowest BCUT2D eigenvalue weighted by molar-refractivity contribution is 0.458. The maximum atomic E-state index is 4.53. The van der Waals surface area contributed by atoms with Crippen LogP contribution in [0.25, 0.3) is 11.0 Å². The second-order valence-corrected chi connectivity index (χ2v) is 5.21. The van der Waals surface area contributed by atoms with E-state index in [2.05, 4.69) is 43.6 Å². The van der Waals surface area contributed by atoms with Gasteiger partial charge in [-0.15, -0.1) is 0 Å². The second-order valence-electron chi connectivity index (χ2n) is 5.21. The summed E-state index contributed by atoms with van der Waals surface area (Å²) < 4.78 is 4.40. The van der Waals surface area contributed by atoms with Crippen molar-refractivity contribution in [1.82, 2.24) is 24.4 Å². The fourth-order valence-corrected chi connectivity index (χ4v) is 2.72. The third-order valence-electron chi connectivity index (χ3n) is 3.78. The number of fused-ring (bicyclic) bond motifs is 1. The third kappa shape index (κ3) is 2.69. The Kier molecular flexibility index (Phi) is 4.01. The molecule has 110 valence electrons. The molecule has 3 aromatic rings. The minimum Gasteiger partial charge on any atom is -0.334 e. The molecule has 0 bridgehead atoms. The smallest absolute Gasteiger partial charge is 0.127 e. The standard InChI is InChI=1S/C16H21N5/c1-3-9-20-10-8-18-16(20)14(17-2)11-21-12-19-13-6-4-5-7-15(13)21/h4-8,10,12,14,17H,3,9,11H2,1-2H3. The first-order valence-corrected chi connectivity index (χ1v) is 7.41. The molecule has 0 saturated carbocycles. The summed E-state index contributed by atoms with van der Waals surface area (Å²) in [7, 11) is 1.98. The quantitative estimate of drug-likeness (QED) is 0.756. The van der Waals surface area contributed by atoms with E-state index >= 15 is 0 Å². The van der Waals surface area contributed by atoms with Crippen molar-refractivity contribution < 1.29 is 0 Å². The fraction of sp³-hybridized carbons (Fsp3) is 0.375. The van der Waals surface area contributed by atoms with Crippen LogP contribution in [-0.2, 0) is 13.1 Å². The Labute approximate surface area is 124 Å². The molecular formula is C16H21N5. The van der Waals surface area contributed by atoms with Gasteiger partial charge in [-0.25, -0.2) is 9.97 Å². The van der Waals surface area contributed by atoms with Crippen LogP contribution in [0.5, 0.6) is 0 Å². The van der Waals surface area contributed by atoms with Crippen molar-refractivity contribution >= 4 is 11.0 Å². The average molecular weight is 283 g/mol. The number of aromatic nitrogens is 4. The number of hydrogen-bond donors (Lipinski definition) is 1. The molecule has 1 aromatic carbocycles. The predicted molar refractivity (Wildman–Crippen MR) is 84.1 cm³/mol. The molecule has 5 heteroatoms. The summed E-state index contributed by atoms with van der Waals surface area (Å²) in [4.78, 5) is 8.99. The van der Waals surface area contributed by atoms with Gasteiger partial charge >= 0.3 is 0 Å². The minimum absolute atomic E-state index is 0.171. The van der Waals surface area contributed by atoms with Crippen molar-refractivity contribution in [2.24, 2.45) is 0 Å². The molecule has 2 aromatic heterocycles. The lowest BCUT2D eigenvalue weighted by Crippen LogP contribution is -2.25. The number of rotatable bonds is 6. The van der Waals surface area contributed by atoms with Crippen molar-refractivity contribution in [1.29, 1.82) is 0 Å². The summed E-state index contributed by atoms with van der Waals surface area (Å²) in [5, 5.41) is 3.37. The van der Waals surface area contributed by atoms with Crippen LogP contribution in [-0.4, -0.2) is 26.1 Å². The molecule has 0 amide bonds. The average Bonchev–Trinajstić information content (AvgIpc) is 3.12. The van der Waals surface area contributed by atoms with Gasteiger partial charge in [-0.2, -0.15) is 0 Å². The summed E-state index contributed by atoms with van der Waals surface area (Å²) in [6.07, 6.45) is 6.94. The highest BCUT2D eigenvalue weighted by Crippen LogP contribution is 2.18. The van der Waals surface area contributed by atoms with Gasteiger partial charge in [-0.3, -0.25) is 0 Å². The normalized spacial score (nSPS) is 12.9. The number of para-hydroxylation sites is 2. The van der Waals surface area contributed by atoms with Crippen LogP contribution < -0.4 is 5.32 Å². The molecule has 0 aliphatic rings. The van der Waals surface area contributed by atoms with Crippen molar-refractivity contribution in [2.45, 2.75) is 32.5 Å². The molecule has 1 atom stereocenters. The zero-order chi connectivity index (χ0) is 14.7. The van der Waals surface area contributed by atoms with Gasteiger partial charge < -0.3 is 14.5 Å². The van der Waals surface area contributed by atoms with Crippen LogP contribution in [0.4, 0.5) is 0 Å². The number of hydrogen-bond acceptors (Lipinski definition) is 3. The molecule has 2 heterocycles. The van der Waals surface area contributed by atoms with Gasteiger partial charge in [0.05, 0.1) is 23.4 Å². The number of nitrogens with one attached hydrogen (secondary N) is 1. The van der Waals surface area contributed by atoms with Gasteiger partial charge in [0.25, 0.3) is 0 Å². The van der Waals surface area contributed by atoms with Gasteiger partial charge in [0.1, 0.15) is 5.82 Å². The Morgan fingerprint density at radius 3 is 2.86 bits per heavy atom. The molecule has 0 fully saturated rings. The highest BCUT2D eigenvalue weighted by atomic mass is 15.1. The fourth-order valence-electron chi connectivity index (χ4n) is 2.72. The monoisotopic (exact) mass is 283 g/mol. The molecule has 3 rings (SSSR count). The Bertz CT molecular complexity index is 712. The molecule has 5 nitrogen and oxygen atoms in total. The Balaban J connectivity index is 1.89. The maximum absolute atomic E-state index is 4.53. The van der Waals surface area contributed by atoms with Gasteiger partial charge in [0.2, 0.25) is 0 Å². The first-order chi connectivity index (χ1) is 10.3. The highest BCUT2D eigenvalue weighted by molar-refractivity contribution is 5.74. The molecule has 21 heavy (non-hydrogen) atoms. The molecule has 0 saturated heterocycles. The Morgan fingerprint density at radius 1 is 1.19 bits per heavy atom. The zero-order valence-electron chi connectivity index (χ0n) is 12.5. The minimum atomic E-state index is 0.171. The van der Waals surface area contributed by atoms with E-state index in [1.54, 1.807) is 0 Å². The van der Waals surface area contributed by atoms with E-state index < -0.39 is 0 Å². The zero-order valence-corrected chi connectivity index (χ0v) is 12.5. The maximum Gasteiger partial charge on any atom is 0.127 e. The van der Waals surface area contributed by atoms with Crippen molar-refractivity contribution in [3.63, 3.8) is 0 Å². The van der Waals surface area contributed by atoms with Crippen LogP contribution in [0.3, 0.4) is 0 Å². The lowest BCUT2D eigenvalue weighted by Gasteiger charge is -2.18. The van der Waals surface area contributed by atoms with E-state index in [-0.39, 0.29) is 6.04 Å². The number of aryl methyl sites for hydroxylation is 1. The Hall–Kier alpha value is -2.14. The van der Waals surface area contributed by atoms with Crippen LogP contribution in [0, 0.1) is 0 Å².